The molecular formula is C20H28N2O4. The summed E-state index contributed by atoms with van der Waals surface area (Å²) in [5.41, 5.74) is 0.0284. The Morgan fingerprint density at radius 2 is 1.92 bits per heavy atom. The van der Waals surface area contributed by atoms with Gasteiger partial charge in [0.25, 0.3) is 0 Å². The molecule has 0 radical (unpaired) electrons. The van der Waals surface area contributed by atoms with Crippen LogP contribution in [0.25, 0.3) is 0 Å². The number of urea groups is 1. The van der Waals surface area contributed by atoms with Crippen molar-refractivity contribution in [1.29, 1.82) is 0 Å². The number of likely N-dealkylation sites (tertiary alicyclic amines) is 1. The number of carbonyl (C=O) groups excluding carboxylic acids is 1. The van der Waals surface area contributed by atoms with Crippen LogP contribution in [0.15, 0.2) is 24.3 Å². The minimum Gasteiger partial charge on any atom is -0.493 e. The molecule has 1 saturated carbocycles. The van der Waals surface area contributed by atoms with E-state index in [1.165, 1.54) is 19.3 Å². The lowest BCUT2D eigenvalue weighted by Gasteiger charge is -2.39. The van der Waals surface area contributed by atoms with E-state index in [0.29, 0.717) is 19.7 Å². The first-order chi connectivity index (χ1) is 12.7. The Hall–Kier alpha value is -1.95. The zero-order chi connectivity index (χ0) is 18.0. The minimum atomic E-state index is -0.00802. The van der Waals surface area contributed by atoms with Crippen LogP contribution in [-0.2, 0) is 4.74 Å². The summed E-state index contributed by atoms with van der Waals surface area (Å²) in [6, 6.07) is 7.72. The zero-order valence-corrected chi connectivity index (χ0v) is 15.4. The van der Waals surface area contributed by atoms with E-state index in [1.807, 2.05) is 24.3 Å². The van der Waals surface area contributed by atoms with Gasteiger partial charge in [0.05, 0.1) is 38.4 Å². The first-order valence-electron chi connectivity index (χ1n) is 9.66. The van der Waals surface area contributed by atoms with E-state index >= 15 is 0 Å². The van der Waals surface area contributed by atoms with Crippen molar-refractivity contribution in [1.82, 2.24) is 10.2 Å². The predicted octanol–water partition coefficient (Wildman–Crippen LogP) is 2.96. The molecule has 3 fully saturated rings. The van der Waals surface area contributed by atoms with Crippen molar-refractivity contribution in [3.63, 3.8) is 0 Å². The zero-order valence-electron chi connectivity index (χ0n) is 15.4. The fourth-order valence-corrected chi connectivity index (χ4v) is 4.32. The Labute approximate surface area is 154 Å². The van der Waals surface area contributed by atoms with Gasteiger partial charge in [-0.1, -0.05) is 31.4 Å². The molecule has 2 aliphatic heterocycles. The van der Waals surface area contributed by atoms with Gasteiger partial charge < -0.3 is 24.4 Å². The number of rotatable bonds is 4. The van der Waals surface area contributed by atoms with Crippen LogP contribution in [-0.4, -0.2) is 55.5 Å². The lowest BCUT2D eigenvalue weighted by atomic mass is 9.82. The maximum Gasteiger partial charge on any atom is 0.317 e. The third kappa shape index (κ3) is 3.61. The number of carbonyl (C=O) groups is 1. The first-order valence-corrected chi connectivity index (χ1v) is 9.66. The van der Waals surface area contributed by atoms with Crippen LogP contribution in [0.1, 0.15) is 38.5 Å². The maximum atomic E-state index is 12.5. The number of nitrogens with one attached hydrogen (secondary N) is 1. The van der Waals surface area contributed by atoms with Crippen molar-refractivity contribution < 1.29 is 19.0 Å². The van der Waals surface area contributed by atoms with E-state index in [-0.39, 0.29) is 23.8 Å². The Morgan fingerprint density at radius 1 is 1.19 bits per heavy atom. The Morgan fingerprint density at radius 3 is 2.65 bits per heavy atom. The molecule has 26 heavy (non-hydrogen) atoms. The lowest BCUT2D eigenvalue weighted by Crippen LogP contribution is -2.60. The van der Waals surface area contributed by atoms with E-state index in [9.17, 15) is 4.79 Å². The van der Waals surface area contributed by atoms with Crippen LogP contribution in [0.4, 0.5) is 4.79 Å². The Kier molecular flexibility index (Phi) is 4.94. The maximum absolute atomic E-state index is 12.5. The molecule has 6 heteroatoms. The van der Waals surface area contributed by atoms with Gasteiger partial charge in [-0.25, -0.2) is 4.79 Å². The number of nitrogens with zero attached hydrogens (tertiary/aromatic N) is 1. The second-order valence-electron chi connectivity index (χ2n) is 7.70. The largest absolute Gasteiger partial charge is 0.493 e. The molecule has 0 bridgehead atoms. The van der Waals surface area contributed by atoms with Gasteiger partial charge in [-0.2, -0.15) is 0 Å². The van der Waals surface area contributed by atoms with Crippen molar-refractivity contribution in [3.05, 3.63) is 24.3 Å². The highest BCUT2D eigenvalue weighted by molar-refractivity contribution is 5.75. The second kappa shape index (κ2) is 7.35. The van der Waals surface area contributed by atoms with Crippen LogP contribution in [0.3, 0.4) is 0 Å². The molecule has 1 aromatic carbocycles. The molecule has 3 aliphatic rings. The number of amides is 2. The molecule has 2 saturated heterocycles. The molecule has 4 rings (SSSR count). The fourth-order valence-electron chi connectivity index (χ4n) is 4.32. The Bertz CT molecular complexity index is 638. The molecule has 1 N–H and O–H groups in total. The number of hydrogen-bond acceptors (Lipinski definition) is 4. The summed E-state index contributed by atoms with van der Waals surface area (Å²) in [5, 5.41) is 3.14. The summed E-state index contributed by atoms with van der Waals surface area (Å²) in [4.78, 5) is 14.3. The van der Waals surface area contributed by atoms with Gasteiger partial charge in [-0.15, -0.1) is 0 Å². The summed E-state index contributed by atoms with van der Waals surface area (Å²) in [6.07, 6.45) is 7.04. The van der Waals surface area contributed by atoms with Gasteiger partial charge in [0.15, 0.2) is 11.5 Å². The summed E-state index contributed by atoms with van der Waals surface area (Å²) in [5.74, 6) is 1.44. The summed E-state index contributed by atoms with van der Waals surface area (Å²) >= 11 is 0. The molecule has 142 valence electrons. The van der Waals surface area contributed by atoms with Crippen molar-refractivity contribution in [2.45, 2.75) is 56.3 Å². The van der Waals surface area contributed by atoms with Gasteiger partial charge in [-0.05, 0) is 31.4 Å². The van der Waals surface area contributed by atoms with Gasteiger partial charge >= 0.3 is 6.03 Å². The predicted molar refractivity (Wildman–Crippen MR) is 97.7 cm³/mol. The standard InChI is InChI=1S/C20H28N2O4/c1-24-17-7-3-4-8-18(17)26-16-12-22(13-16)19(23)21-15-11-20(25-14-15)9-5-2-6-10-20/h3-4,7-8,15-16H,2,5-6,9-14H2,1H3,(H,21,23)/t15-/m1/s1. The average molecular weight is 360 g/mol. The van der Waals surface area contributed by atoms with E-state index in [2.05, 4.69) is 5.32 Å². The molecular weight excluding hydrogens is 332 g/mol. The highest BCUT2D eigenvalue weighted by Gasteiger charge is 2.42. The highest BCUT2D eigenvalue weighted by Crippen LogP contribution is 2.39. The van der Waals surface area contributed by atoms with Crippen LogP contribution >= 0.6 is 0 Å². The van der Waals surface area contributed by atoms with E-state index < -0.39 is 0 Å². The van der Waals surface area contributed by atoms with Crippen molar-refractivity contribution in [3.8, 4) is 11.5 Å². The lowest BCUT2D eigenvalue weighted by molar-refractivity contribution is -0.0246. The van der Waals surface area contributed by atoms with E-state index in [1.54, 1.807) is 12.0 Å². The van der Waals surface area contributed by atoms with Gasteiger partial charge in [0, 0.05) is 0 Å². The second-order valence-corrected chi connectivity index (χ2v) is 7.70. The number of para-hydroxylation sites is 2. The minimum absolute atomic E-state index is 0.00802. The summed E-state index contributed by atoms with van der Waals surface area (Å²) in [6.45, 7) is 1.84. The van der Waals surface area contributed by atoms with Crippen molar-refractivity contribution in [2.75, 3.05) is 26.8 Å². The van der Waals surface area contributed by atoms with Crippen molar-refractivity contribution in [2.24, 2.45) is 0 Å². The quantitative estimate of drug-likeness (QED) is 0.897. The molecule has 1 aromatic rings. The smallest absolute Gasteiger partial charge is 0.317 e. The normalized spacial score (nSPS) is 25.0. The van der Waals surface area contributed by atoms with E-state index in [0.717, 1.165) is 30.8 Å². The Balaban J connectivity index is 1.23. The molecule has 1 spiro atoms. The molecule has 1 atom stereocenters. The number of methoxy groups -OCH3 is 1. The average Bonchev–Trinajstić information content (AvgIpc) is 3.00. The summed E-state index contributed by atoms with van der Waals surface area (Å²) < 4.78 is 17.3. The highest BCUT2D eigenvalue weighted by atomic mass is 16.5. The van der Waals surface area contributed by atoms with E-state index in [4.69, 9.17) is 14.2 Å². The summed E-state index contributed by atoms with van der Waals surface area (Å²) in [7, 11) is 1.63. The third-order valence-corrected chi connectivity index (χ3v) is 5.80. The molecule has 2 heterocycles. The topological polar surface area (TPSA) is 60.0 Å². The fraction of sp³-hybridized carbons (Fsp3) is 0.650. The van der Waals surface area contributed by atoms with Crippen LogP contribution < -0.4 is 14.8 Å². The van der Waals surface area contributed by atoms with Gasteiger partial charge in [0.1, 0.15) is 6.10 Å². The molecule has 0 aromatic heterocycles. The third-order valence-electron chi connectivity index (χ3n) is 5.80. The van der Waals surface area contributed by atoms with Crippen LogP contribution in [0.5, 0.6) is 11.5 Å². The molecule has 2 amide bonds. The first kappa shape index (κ1) is 17.5. The molecule has 6 nitrogen and oxygen atoms in total. The number of ether oxygens (including phenoxy) is 3. The molecule has 0 unspecified atom stereocenters. The van der Waals surface area contributed by atoms with Gasteiger partial charge in [0.2, 0.25) is 0 Å². The number of benzene rings is 1. The van der Waals surface area contributed by atoms with Crippen molar-refractivity contribution >= 4 is 6.03 Å². The van der Waals surface area contributed by atoms with Gasteiger partial charge in [-0.3, -0.25) is 0 Å². The monoisotopic (exact) mass is 360 g/mol. The van der Waals surface area contributed by atoms with Crippen LogP contribution in [0, 0.1) is 0 Å². The van der Waals surface area contributed by atoms with Crippen LogP contribution in [0.2, 0.25) is 0 Å². The number of hydrogen-bond donors (Lipinski definition) is 1. The molecule has 1 aliphatic carbocycles. The SMILES string of the molecule is COc1ccccc1OC1CN(C(=O)N[C@H]2COC3(CCCCC3)C2)C1.